The molecule has 2 aromatic rings. The van der Waals surface area contributed by atoms with Crippen LogP contribution in [-0.2, 0) is 4.79 Å². The number of hydrogen-bond acceptors (Lipinski definition) is 5. The number of thioether (sulfide) groups is 1. The van der Waals surface area contributed by atoms with Crippen LogP contribution in [0.3, 0.4) is 0 Å². The van der Waals surface area contributed by atoms with Crippen LogP contribution >= 0.6 is 11.8 Å². The topological polar surface area (TPSA) is 97.6 Å². The highest BCUT2D eigenvalue weighted by molar-refractivity contribution is 8.00. The van der Waals surface area contributed by atoms with Gasteiger partial charge in [-0.15, -0.1) is 5.10 Å². The predicted octanol–water partition coefficient (Wildman–Crippen LogP) is 1.80. The number of carbonyl (C=O) groups excluding carboxylic acids is 1. The molecule has 0 spiro atoms. The van der Waals surface area contributed by atoms with Crippen molar-refractivity contribution in [1.29, 1.82) is 0 Å². The molecule has 0 saturated heterocycles. The summed E-state index contributed by atoms with van der Waals surface area (Å²) >= 11 is 1.28. The van der Waals surface area contributed by atoms with Crippen LogP contribution in [0.15, 0.2) is 22.2 Å². The number of carbonyl (C=O) groups is 1. The quantitative estimate of drug-likeness (QED) is 0.784. The van der Waals surface area contributed by atoms with Crippen molar-refractivity contribution in [1.82, 2.24) is 24.5 Å². The molecule has 3 rings (SSSR count). The van der Waals surface area contributed by atoms with E-state index in [0.29, 0.717) is 11.0 Å². The van der Waals surface area contributed by atoms with Crippen molar-refractivity contribution in [2.24, 2.45) is 0 Å². The highest BCUT2D eigenvalue weighted by Crippen LogP contribution is 2.36. The number of nitrogens with zero attached hydrogens (tertiary/aromatic N) is 4. The molecule has 9 heteroatoms. The Morgan fingerprint density at radius 3 is 2.83 bits per heavy atom. The number of aromatic nitrogens is 5. The van der Waals surface area contributed by atoms with E-state index in [2.05, 4.69) is 20.6 Å². The zero-order valence-electron chi connectivity index (χ0n) is 13.3. The second-order valence-electron chi connectivity index (χ2n) is 5.92. The van der Waals surface area contributed by atoms with Gasteiger partial charge in [0.05, 0.1) is 11.4 Å². The predicted molar refractivity (Wildman–Crippen MR) is 87.7 cm³/mol. The minimum Gasteiger partial charge on any atom is -0.310 e. The first-order valence-corrected chi connectivity index (χ1v) is 8.53. The molecule has 2 heterocycles. The van der Waals surface area contributed by atoms with E-state index >= 15 is 0 Å². The Balaban J connectivity index is 1.68. The molecule has 1 aliphatic carbocycles. The average molecular weight is 336 g/mol. The first-order chi connectivity index (χ1) is 11.0. The van der Waals surface area contributed by atoms with Crippen molar-refractivity contribution in [3.63, 3.8) is 0 Å². The number of hydrogen-bond donors (Lipinski definition) is 2. The molecule has 0 aliphatic heterocycles. The molecule has 1 fully saturated rings. The van der Waals surface area contributed by atoms with Crippen molar-refractivity contribution in [2.45, 2.75) is 56.1 Å². The van der Waals surface area contributed by atoms with Crippen LogP contribution in [0, 0.1) is 0 Å². The summed E-state index contributed by atoms with van der Waals surface area (Å²) in [6, 6.07) is 2.15. The van der Waals surface area contributed by atoms with Gasteiger partial charge in [-0.05, 0) is 33.6 Å². The third-order valence-electron chi connectivity index (χ3n) is 3.65. The van der Waals surface area contributed by atoms with E-state index in [1.165, 1.54) is 11.8 Å². The maximum absolute atomic E-state index is 12.4. The molecule has 124 valence electrons. The van der Waals surface area contributed by atoms with Gasteiger partial charge in [0.15, 0.2) is 5.16 Å². The molecular formula is C14H20N6O2S. The Labute approximate surface area is 137 Å². The van der Waals surface area contributed by atoms with E-state index in [0.717, 1.165) is 12.8 Å². The van der Waals surface area contributed by atoms with E-state index in [1.807, 2.05) is 13.8 Å². The Bertz CT molecular complexity index is 757. The zero-order chi connectivity index (χ0) is 16.6. The van der Waals surface area contributed by atoms with E-state index < -0.39 is 0 Å². The van der Waals surface area contributed by atoms with E-state index in [9.17, 15) is 9.59 Å². The summed E-state index contributed by atoms with van der Waals surface area (Å²) < 4.78 is 3.40. The molecular weight excluding hydrogens is 316 g/mol. The second kappa shape index (κ2) is 6.23. The van der Waals surface area contributed by atoms with Gasteiger partial charge in [-0.1, -0.05) is 11.8 Å². The van der Waals surface area contributed by atoms with Gasteiger partial charge in [-0.25, -0.2) is 14.6 Å². The molecule has 8 nitrogen and oxygen atoms in total. The first-order valence-electron chi connectivity index (χ1n) is 7.65. The lowest BCUT2D eigenvalue weighted by Crippen LogP contribution is -2.25. The summed E-state index contributed by atoms with van der Waals surface area (Å²) in [6.45, 7) is 5.80. The van der Waals surface area contributed by atoms with Gasteiger partial charge in [-0.2, -0.15) is 5.10 Å². The molecule has 1 aliphatic rings. The van der Waals surface area contributed by atoms with Gasteiger partial charge in [0, 0.05) is 18.2 Å². The lowest BCUT2D eigenvalue weighted by Gasteiger charge is -2.14. The van der Waals surface area contributed by atoms with Gasteiger partial charge in [0.25, 0.3) is 0 Å². The van der Waals surface area contributed by atoms with Gasteiger partial charge in [0.1, 0.15) is 5.82 Å². The Morgan fingerprint density at radius 2 is 2.17 bits per heavy atom. The summed E-state index contributed by atoms with van der Waals surface area (Å²) in [5.74, 6) is 0.522. The van der Waals surface area contributed by atoms with Crippen LogP contribution in [0.4, 0.5) is 5.82 Å². The van der Waals surface area contributed by atoms with Gasteiger partial charge >= 0.3 is 5.69 Å². The smallest absolute Gasteiger partial charge is 0.310 e. The monoisotopic (exact) mass is 336 g/mol. The van der Waals surface area contributed by atoms with Crippen LogP contribution in [-0.4, -0.2) is 35.7 Å². The molecule has 1 amide bonds. The lowest BCUT2D eigenvalue weighted by molar-refractivity contribution is -0.115. The summed E-state index contributed by atoms with van der Waals surface area (Å²) in [6.07, 6.45) is 3.63. The van der Waals surface area contributed by atoms with E-state index in [-0.39, 0.29) is 28.9 Å². The zero-order valence-corrected chi connectivity index (χ0v) is 14.1. The van der Waals surface area contributed by atoms with Crippen molar-refractivity contribution < 1.29 is 4.79 Å². The Hall–Kier alpha value is -2.03. The first kappa shape index (κ1) is 15.9. The second-order valence-corrected chi connectivity index (χ2v) is 7.22. The third-order valence-corrected chi connectivity index (χ3v) is 4.71. The highest BCUT2D eigenvalue weighted by Gasteiger charge is 2.30. The largest absolute Gasteiger partial charge is 0.344 e. The fourth-order valence-corrected chi connectivity index (χ4v) is 3.22. The molecule has 0 radical (unpaired) electrons. The van der Waals surface area contributed by atoms with Crippen LogP contribution in [0.25, 0.3) is 0 Å². The number of nitrogens with one attached hydrogen (secondary N) is 2. The number of H-pyrrole nitrogens is 1. The highest BCUT2D eigenvalue weighted by atomic mass is 32.2. The molecule has 0 aromatic carbocycles. The van der Waals surface area contributed by atoms with Crippen molar-refractivity contribution >= 4 is 23.5 Å². The van der Waals surface area contributed by atoms with Crippen LogP contribution in [0.5, 0.6) is 0 Å². The minimum absolute atomic E-state index is 0.143. The number of aromatic amines is 1. The molecule has 23 heavy (non-hydrogen) atoms. The molecule has 2 aromatic heterocycles. The number of rotatable bonds is 6. The van der Waals surface area contributed by atoms with Gasteiger partial charge in [0.2, 0.25) is 5.91 Å². The van der Waals surface area contributed by atoms with Gasteiger partial charge < -0.3 is 5.32 Å². The molecule has 1 atom stereocenters. The summed E-state index contributed by atoms with van der Waals surface area (Å²) in [5.41, 5.74) is -0.208. The van der Waals surface area contributed by atoms with Crippen molar-refractivity contribution in [3.8, 4) is 0 Å². The fourth-order valence-electron chi connectivity index (χ4n) is 2.29. The lowest BCUT2D eigenvalue weighted by atomic mass is 10.4. The number of anilines is 1. The molecule has 2 N–H and O–H groups in total. The Morgan fingerprint density at radius 1 is 1.43 bits per heavy atom. The van der Waals surface area contributed by atoms with Gasteiger partial charge in [-0.3, -0.25) is 9.36 Å². The van der Waals surface area contributed by atoms with Crippen molar-refractivity contribution in [3.05, 3.63) is 22.7 Å². The van der Waals surface area contributed by atoms with Crippen LogP contribution < -0.4 is 11.0 Å². The Kier molecular flexibility index (Phi) is 4.29. The van der Waals surface area contributed by atoms with Crippen molar-refractivity contribution in [2.75, 3.05) is 5.32 Å². The summed E-state index contributed by atoms with van der Waals surface area (Å²) in [4.78, 5) is 24.2. The summed E-state index contributed by atoms with van der Waals surface area (Å²) in [7, 11) is 0. The maximum Gasteiger partial charge on any atom is 0.344 e. The molecule has 1 saturated carbocycles. The summed E-state index contributed by atoms with van der Waals surface area (Å²) in [5, 5.41) is 13.8. The molecule has 0 bridgehead atoms. The van der Waals surface area contributed by atoms with E-state index in [1.54, 1.807) is 28.4 Å². The maximum atomic E-state index is 12.4. The SMILES string of the molecule is CC(Sc1n[nH]c(=O)n1C1CC1)C(=O)Nc1ccnn1C(C)C. The fraction of sp³-hybridized carbons (Fsp3) is 0.571. The number of amides is 1. The minimum atomic E-state index is -0.377. The average Bonchev–Trinajstić information content (AvgIpc) is 3.10. The van der Waals surface area contributed by atoms with Crippen LogP contribution in [0.1, 0.15) is 45.7 Å². The van der Waals surface area contributed by atoms with E-state index in [4.69, 9.17) is 0 Å². The van der Waals surface area contributed by atoms with Crippen LogP contribution in [0.2, 0.25) is 0 Å². The standard InChI is InChI=1S/C14H20N6O2S/c1-8(2)20-11(6-7-15-20)16-12(21)9(3)23-14-18-17-13(22)19(14)10-4-5-10/h6-10H,4-5H2,1-3H3,(H,16,21)(H,17,22). The normalized spacial score (nSPS) is 15.8. The third kappa shape index (κ3) is 3.34. The molecule has 1 unspecified atom stereocenters.